The first kappa shape index (κ1) is 15.0. The molecule has 1 rings (SSSR count). The minimum Gasteiger partial charge on any atom is -0.377 e. The number of unbranched alkanes of at least 4 members (excludes halogenated alkanes) is 3. The summed E-state index contributed by atoms with van der Waals surface area (Å²) in [4.78, 5) is 4.35. The van der Waals surface area contributed by atoms with Crippen molar-refractivity contribution in [2.24, 2.45) is 0 Å². The van der Waals surface area contributed by atoms with E-state index in [1.165, 1.54) is 19.3 Å². The van der Waals surface area contributed by atoms with Crippen LogP contribution in [-0.4, -0.2) is 18.1 Å². The molecular formula is C15H26N2O. The van der Waals surface area contributed by atoms with Crippen LogP contribution in [0, 0.1) is 0 Å². The molecule has 0 fully saturated rings. The summed E-state index contributed by atoms with van der Waals surface area (Å²) in [5, 5.41) is 3.33. The molecule has 0 aliphatic heterocycles. The van der Waals surface area contributed by atoms with Gasteiger partial charge in [-0.15, -0.1) is 0 Å². The maximum Gasteiger partial charge on any atom is 0.131 e. The fourth-order valence-corrected chi connectivity index (χ4v) is 1.77. The third-order valence-electron chi connectivity index (χ3n) is 2.83. The van der Waals surface area contributed by atoms with Gasteiger partial charge in [0.2, 0.25) is 0 Å². The van der Waals surface area contributed by atoms with E-state index in [0.717, 1.165) is 37.4 Å². The zero-order valence-corrected chi connectivity index (χ0v) is 11.7. The van der Waals surface area contributed by atoms with Crippen molar-refractivity contribution in [1.82, 2.24) is 4.98 Å². The van der Waals surface area contributed by atoms with Crippen molar-refractivity contribution in [2.75, 3.05) is 18.5 Å². The van der Waals surface area contributed by atoms with Crippen molar-refractivity contribution in [3.8, 4) is 0 Å². The van der Waals surface area contributed by atoms with Gasteiger partial charge in [0.25, 0.3) is 0 Å². The van der Waals surface area contributed by atoms with E-state index in [2.05, 4.69) is 30.2 Å². The Bertz CT molecular complexity index is 315. The predicted molar refractivity (Wildman–Crippen MR) is 76.8 cm³/mol. The van der Waals surface area contributed by atoms with Gasteiger partial charge in [0.05, 0.1) is 6.61 Å². The largest absolute Gasteiger partial charge is 0.377 e. The first-order chi connectivity index (χ1) is 8.88. The molecule has 1 aromatic rings. The van der Waals surface area contributed by atoms with E-state index < -0.39 is 0 Å². The van der Waals surface area contributed by atoms with Crippen molar-refractivity contribution in [3.63, 3.8) is 0 Å². The van der Waals surface area contributed by atoms with Gasteiger partial charge in [-0.1, -0.05) is 39.2 Å². The second-order valence-electron chi connectivity index (χ2n) is 4.55. The van der Waals surface area contributed by atoms with Crippen molar-refractivity contribution >= 4 is 5.82 Å². The van der Waals surface area contributed by atoms with E-state index >= 15 is 0 Å². The Morgan fingerprint density at radius 2 is 2.06 bits per heavy atom. The Labute approximate surface area is 111 Å². The molecule has 1 heterocycles. The summed E-state index contributed by atoms with van der Waals surface area (Å²) in [7, 11) is 0. The van der Waals surface area contributed by atoms with Gasteiger partial charge < -0.3 is 10.1 Å². The number of pyridine rings is 1. The number of aromatic nitrogens is 1. The molecule has 0 radical (unpaired) electrons. The van der Waals surface area contributed by atoms with Gasteiger partial charge >= 0.3 is 0 Å². The SMILES string of the molecule is CCCCCCOCc1cccnc1NCCC. The number of hydrogen-bond acceptors (Lipinski definition) is 3. The summed E-state index contributed by atoms with van der Waals surface area (Å²) in [6.45, 7) is 6.84. The van der Waals surface area contributed by atoms with Gasteiger partial charge in [-0.3, -0.25) is 0 Å². The maximum absolute atomic E-state index is 5.71. The topological polar surface area (TPSA) is 34.1 Å². The van der Waals surface area contributed by atoms with Gasteiger partial charge in [-0.25, -0.2) is 4.98 Å². The maximum atomic E-state index is 5.71. The molecule has 0 unspecified atom stereocenters. The summed E-state index contributed by atoms with van der Waals surface area (Å²) in [6, 6.07) is 4.05. The van der Waals surface area contributed by atoms with Gasteiger partial charge in [0.1, 0.15) is 5.82 Å². The number of rotatable bonds is 10. The van der Waals surface area contributed by atoms with Crippen molar-refractivity contribution < 1.29 is 4.74 Å². The second kappa shape index (κ2) is 9.89. The lowest BCUT2D eigenvalue weighted by Gasteiger charge is -2.10. The summed E-state index contributed by atoms with van der Waals surface area (Å²) in [6.07, 6.45) is 7.93. The van der Waals surface area contributed by atoms with Crippen LogP contribution in [0.2, 0.25) is 0 Å². The number of hydrogen-bond donors (Lipinski definition) is 1. The molecule has 102 valence electrons. The third kappa shape index (κ3) is 6.01. The molecule has 0 saturated carbocycles. The lowest BCUT2D eigenvalue weighted by Crippen LogP contribution is -2.06. The highest BCUT2D eigenvalue weighted by Gasteiger charge is 2.02. The predicted octanol–water partition coefficient (Wildman–Crippen LogP) is 4.00. The Morgan fingerprint density at radius 3 is 2.83 bits per heavy atom. The van der Waals surface area contributed by atoms with E-state index in [9.17, 15) is 0 Å². The van der Waals surface area contributed by atoms with Crippen molar-refractivity contribution in [3.05, 3.63) is 23.9 Å². The number of nitrogens with one attached hydrogen (secondary N) is 1. The van der Waals surface area contributed by atoms with Crippen LogP contribution in [0.1, 0.15) is 51.5 Å². The fourth-order valence-electron chi connectivity index (χ4n) is 1.77. The fraction of sp³-hybridized carbons (Fsp3) is 0.667. The van der Waals surface area contributed by atoms with Crippen LogP contribution in [0.3, 0.4) is 0 Å². The van der Waals surface area contributed by atoms with E-state index in [4.69, 9.17) is 4.74 Å². The van der Waals surface area contributed by atoms with Crippen LogP contribution >= 0.6 is 0 Å². The molecule has 0 amide bonds. The molecular weight excluding hydrogens is 224 g/mol. The van der Waals surface area contributed by atoms with Crippen LogP contribution in [0.15, 0.2) is 18.3 Å². The lowest BCUT2D eigenvalue weighted by molar-refractivity contribution is 0.117. The van der Waals surface area contributed by atoms with E-state index in [-0.39, 0.29) is 0 Å². The van der Waals surface area contributed by atoms with Crippen LogP contribution in [0.5, 0.6) is 0 Å². The molecule has 0 saturated heterocycles. The molecule has 18 heavy (non-hydrogen) atoms. The molecule has 0 bridgehead atoms. The first-order valence-corrected chi connectivity index (χ1v) is 7.14. The van der Waals surface area contributed by atoms with Crippen molar-refractivity contribution in [2.45, 2.75) is 52.6 Å². The van der Waals surface area contributed by atoms with E-state index in [1.54, 1.807) is 0 Å². The highest BCUT2D eigenvalue weighted by Crippen LogP contribution is 2.13. The number of ether oxygens (including phenoxy) is 1. The highest BCUT2D eigenvalue weighted by atomic mass is 16.5. The summed E-state index contributed by atoms with van der Waals surface area (Å²) >= 11 is 0. The minimum atomic E-state index is 0.659. The van der Waals surface area contributed by atoms with Gasteiger partial charge in [0.15, 0.2) is 0 Å². The molecule has 0 aliphatic carbocycles. The lowest BCUT2D eigenvalue weighted by atomic mass is 10.2. The Morgan fingerprint density at radius 1 is 1.17 bits per heavy atom. The molecule has 0 aromatic carbocycles. The molecule has 1 aromatic heterocycles. The van der Waals surface area contributed by atoms with E-state index in [1.807, 2.05) is 12.3 Å². The Hall–Kier alpha value is -1.09. The summed E-state index contributed by atoms with van der Waals surface area (Å²) in [5.41, 5.74) is 1.15. The van der Waals surface area contributed by atoms with Crippen molar-refractivity contribution in [1.29, 1.82) is 0 Å². The molecule has 0 aliphatic rings. The Kier molecular flexibility index (Phi) is 8.23. The average molecular weight is 250 g/mol. The standard InChI is InChI=1S/C15H26N2O/c1-3-5-6-7-12-18-13-14-9-8-11-17-15(14)16-10-4-2/h8-9,11H,3-7,10,12-13H2,1-2H3,(H,16,17). The first-order valence-electron chi connectivity index (χ1n) is 7.14. The molecule has 0 atom stereocenters. The normalized spacial score (nSPS) is 10.6. The van der Waals surface area contributed by atoms with Crippen LogP contribution in [0.25, 0.3) is 0 Å². The monoisotopic (exact) mass is 250 g/mol. The zero-order valence-electron chi connectivity index (χ0n) is 11.7. The Balaban J connectivity index is 2.27. The third-order valence-corrected chi connectivity index (χ3v) is 2.83. The molecule has 1 N–H and O–H groups in total. The molecule has 3 nitrogen and oxygen atoms in total. The van der Waals surface area contributed by atoms with Crippen LogP contribution in [-0.2, 0) is 11.3 Å². The average Bonchev–Trinajstić information content (AvgIpc) is 2.41. The summed E-state index contributed by atoms with van der Waals surface area (Å²) < 4.78 is 5.71. The summed E-state index contributed by atoms with van der Waals surface area (Å²) in [5.74, 6) is 0.966. The zero-order chi connectivity index (χ0) is 13.1. The van der Waals surface area contributed by atoms with Gasteiger partial charge in [-0.2, -0.15) is 0 Å². The van der Waals surface area contributed by atoms with Crippen LogP contribution < -0.4 is 5.32 Å². The molecule has 3 heteroatoms. The van der Waals surface area contributed by atoms with E-state index in [0.29, 0.717) is 6.61 Å². The quantitative estimate of drug-likeness (QED) is 0.637. The van der Waals surface area contributed by atoms with Crippen LogP contribution in [0.4, 0.5) is 5.82 Å². The van der Waals surface area contributed by atoms with Gasteiger partial charge in [-0.05, 0) is 18.9 Å². The highest BCUT2D eigenvalue weighted by molar-refractivity contribution is 5.43. The second-order valence-corrected chi connectivity index (χ2v) is 4.55. The smallest absolute Gasteiger partial charge is 0.131 e. The number of anilines is 1. The molecule has 0 spiro atoms. The van der Waals surface area contributed by atoms with Gasteiger partial charge in [0, 0.05) is 24.9 Å². The number of nitrogens with zero attached hydrogens (tertiary/aromatic N) is 1. The minimum absolute atomic E-state index is 0.659.